The van der Waals surface area contributed by atoms with E-state index in [1.807, 2.05) is 0 Å². The molecule has 1 aliphatic rings. The van der Waals surface area contributed by atoms with E-state index in [9.17, 15) is 8.78 Å². The van der Waals surface area contributed by atoms with Gasteiger partial charge in [0.25, 0.3) is 0 Å². The van der Waals surface area contributed by atoms with Crippen molar-refractivity contribution in [3.05, 3.63) is 71.3 Å². The van der Waals surface area contributed by atoms with E-state index >= 15 is 0 Å². The highest BCUT2D eigenvalue weighted by atomic mass is 19.2. The van der Waals surface area contributed by atoms with E-state index in [1.165, 1.54) is 11.1 Å². The smallest absolute Gasteiger partial charge is 0.132 e. The summed E-state index contributed by atoms with van der Waals surface area (Å²) in [6, 6.07) is 19.0. The number of likely N-dealkylation sites (N-methyl/N-ethyl adjacent to an activating group) is 1. The number of hydrogen-bond donors (Lipinski definition) is 0. The van der Waals surface area contributed by atoms with Crippen LogP contribution in [0.2, 0.25) is 0 Å². The van der Waals surface area contributed by atoms with Crippen molar-refractivity contribution in [1.82, 2.24) is 4.90 Å². The molecule has 1 nitrogen and oxygen atoms in total. The van der Waals surface area contributed by atoms with Gasteiger partial charge in [0, 0.05) is 6.54 Å². The molecule has 0 saturated heterocycles. The van der Waals surface area contributed by atoms with Crippen LogP contribution in [0.4, 0.5) is 8.78 Å². The minimum Gasteiger partial charge on any atom is -0.303 e. The zero-order valence-electron chi connectivity index (χ0n) is 16.3. The van der Waals surface area contributed by atoms with Crippen LogP contribution >= 0.6 is 0 Å². The van der Waals surface area contributed by atoms with Crippen molar-refractivity contribution in [2.24, 2.45) is 0 Å². The molecule has 0 bridgehead atoms. The summed E-state index contributed by atoms with van der Waals surface area (Å²) in [7, 11) is 0. The Balaban J connectivity index is 1.41. The van der Waals surface area contributed by atoms with Crippen LogP contribution in [0.25, 0.3) is 0 Å². The van der Waals surface area contributed by atoms with Gasteiger partial charge in [-0.05, 0) is 67.8 Å². The van der Waals surface area contributed by atoms with Crippen LogP contribution in [-0.2, 0) is 12.8 Å². The molecule has 3 heteroatoms. The molecule has 1 saturated carbocycles. The van der Waals surface area contributed by atoms with E-state index in [0.29, 0.717) is 12.8 Å². The van der Waals surface area contributed by atoms with Crippen LogP contribution in [0.3, 0.4) is 0 Å². The summed E-state index contributed by atoms with van der Waals surface area (Å²) in [5.41, 5.74) is 3.79. The fraction of sp³-hybridized carbons (Fsp3) is 0.500. The lowest BCUT2D eigenvalue weighted by molar-refractivity contribution is 0.199. The number of benzene rings is 2. The molecule has 2 unspecified atom stereocenters. The predicted molar refractivity (Wildman–Crippen MR) is 109 cm³/mol. The summed E-state index contributed by atoms with van der Waals surface area (Å²) in [6.07, 6.45) is 1.35. The van der Waals surface area contributed by atoms with E-state index in [4.69, 9.17) is 0 Å². The first-order valence-corrected chi connectivity index (χ1v) is 10.3. The van der Waals surface area contributed by atoms with Gasteiger partial charge in [0.2, 0.25) is 0 Å². The van der Waals surface area contributed by atoms with Gasteiger partial charge >= 0.3 is 0 Å². The van der Waals surface area contributed by atoms with Crippen LogP contribution in [0.1, 0.15) is 48.8 Å². The zero-order chi connectivity index (χ0) is 19.1. The maximum atomic E-state index is 13.4. The standard InChI is InChI=1S/C24H31F2N/c1-2-27(16-14-19-7-4-3-5-8-19)15-6-9-20-10-12-21(13-11-20)22-17-23(25)24(26)18-22/h3-5,7-8,10-13,22-24H,2,6,9,14-18H2,1H3. The molecule has 0 aliphatic heterocycles. The summed E-state index contributed by atoms with van der Waals surface area (Å²) >= 11 is 0. The van der Waals surface area contributed by atoms with Crippen molar-refractivity contribution in [3.8, 4) is 0 Å². The normalized spacial score (nSPS) is 22.4. The Bertz CT molecular complexity index is 661. The molecule has 0 amide bonds. The molecule has 2 aromatic carbocycles. The zero-order valence-corrected chi connectivity index (χ0v) is 16.3. The highest BCUT2D eigenvalue weighted by molar-refractivity contribution is 5.27. The average Bonchev–Trinajstić information content (AvgIpc) is 3.04. The van der Waals surface area contributed by atoms with Crippen LogP contribution in [0.15, 0.2) is 54.6 Å². The second kappa shape index (κ2) is 9.98. The van der Waals surface area contributed by atoms with Crippen LogP contribution < -0.4 is 0 Å². The highest BCUT2D eigenvalue weighted by Gasteiger charge is 2.35. The number of aryl methyl sites for hydroxylation is 1. The second-order valence-electron chi connectivity index (χ2n) is 7.72. The summed E-state index contributed by atoms with van der Waals surface area (Å²) in [5, 5.41) is 0. The number of halogens is 2. The number of rotatable bonds is 9. The molecule has 146 valence electrons. The van der Waals surface area contributed by atoms with Gasteiger partial charge in [-0.15, -0.1) is 0 Å². The molecular formula is C24H31F2N. The third-order valence-corrected chi connectivity index (χ3v) is 5.81. The van der Waals surface area contributed by atoms with Crippen molar-refractivity contribution in [3.63, 3.8) is 0 Å². The Hall–Kier alpha value is -1.74. The van der Waals surface area contributed by atoms with E-state index < -0.39 is 12.3 Å². The first-order valence-electron chi connectivity index (χ1n) is 10.3. The van der Waals surface area contributed by atoms with Gasteiger partial charge in [0.05, 0.1) is 0 Å². The molecule has 2 aromatic rings. The van der Waals surface area contributed by atoms with Crippen molar-refractivity contribution in [2.45, 2.75) is 57.3 Å². The average molecular weight is 372 g/mol. The molecule has 2 atom stereocenters. The maximum Gasteiger partial charge on any atom is 0.132 e. The van der Waals surface area contributed by atoms with Crippen LogP contribution in [0.5, 0.6) is 0 Å². The van der Waals surface area contributed by atoms with Gasteiger partial charge in [0.1, 0.15) is 12.3 Å². The molecule has 0 spiro atoms. The molecule has 0 radical (unpaired) electrons. The minimum absolute atomic E-state index is 0.0395. The van der Waals surface area contributed by atoms with E-state index in [2.05, 4.69) is 66.4 Å². The van der Waals surface area contributed by atoms with Crippen LogP contribution in [-0.4, -0.2) is 36.9 Å². The van der Waals surface area contributed by atoms with E-state index in [1.54, 1.807) is 0 Å². The lowest BCUT2D eigenvalue weighted by atomic mass is 9.96. The van der Waals surface area contributed by atoms with Gasteiger partial charge in [-0.1, -0.05) is 61.5 Å². The van der Waals surface area contributed by atoms with Crippen molar-refractivity contribution in [2.75, 3.05) is 19.6 Å². The predicted octanol–water partition coefficient (Wildman–Crippen LogP) is 5.74. The first-order chi connectivity index (χ1) is 13.2. The Morgan fingerprint density at radius 3 is 2.07 bits per heavy atom. The van der Waals surface area contributed by atoms with Gasteiger partial charge in [0.15, 0.2) is 0 Å². The molecule has 27 heavy (non-hydrogen) atoms. The lowest BCUT2D eigenvalue weighted by Crippen LogP contribution is -2.27. The van der Waals surface area contributed by atoms with Crippen molar-refractivity contribution < 1.29 is 8.78 Å². The van der Waals surface area contributed by atoms with Gasteiger partial charge in [-0.2, -0.15) is 0 Å². The fourth-order valence-corrected chi connectivity index (χ4v) is 4.03. The van der Waals surface area contributed by atoms with Crippen molar-refractivity contribution in [1.29, 1.82) is 0 Å². The summed E-state index contributed by atoms with van der Waals surface area (Å²) < 4.78 is 26.8. The Labute approximate surface area is 162 Å². The molecule has 1 aliphatic carbocycles. The number of hydrogen-bond acceptors (Lipinski definition) is 1. The quantitative estimate of drug-likeness (QED) is 0.543. The van der Waals surface area contributed by atoms with Gasteiger partial charge in [-0.3, -0.25) is 0 Å². The largest absolute Gasteiger partial charge is 0.303 e. The Morgan fingerprint density at radius 2 is 1.44 bits per heavy atom. The molecule has 1 fully saturated rings. The van der Waals surface area contributed by atoms with Crippen LogP contribution in [0, 0.1) is 0 Å². The van der Waals surface area contributed by atoms with Gasteiger partial charge in [-0.25, -0.2) is 8.78 Å². The summed E-state index contributed by atoms with van der Waals surface area (Å²) in [4.78, 5) is 2.50. The highest BCUT2D eigenvalue weighted by Crippen LogP contribution is 2.37. The molecular weight excluding hydrogens is 340 g/mol. The summed E-state index contributed by atoms with van der Waals surface area (Å²) in [5.74, 6) is 0.0395. The minimum atomic E-state index is -1.29. The maximum absolute atomic E-state index is 13.4. The summed E-state index contributed by atoms with van der Waals surface area (Å²) in [6.45, 7) is 5.48. The first kappa shape index (κ1) is 20.0. The fourth-order valence-electron chi connectivity index (χ4n) is 4.03. The number of alkyl halides is 2. The molecule has 0 heterocycles. The topological polar surface area (TPSA) is 3.24 Å². The second-order valence-corrected chi connectivity index (χ2v) is 7.72. The molecule has 3 rings (SSSR count). The SMILES string of the molecule is CCN(CCCc1ccc(C2CC(F)C(F)C2)cc1)CCc1ccccc1. The monoisotopic (exact) mass is 371 g/mol. The van der Waals surface area contributed by atoms with E-state index in [0.717, 1.165) is 44.5 Å². The van der Waals surface area contributed by atoms with Crippen molar-refractivity contribution >= 4 is 0 Å². The lowest BCUT2D eigenvalue weighted by Gasteiger charge is -2.20. The third kappa shape index (κ3) is 5.87. The Kier molecular flexibility index (Phi) is 7.40. The third-order valence-electron chi connectivity index (χ3n) is 5.81. The molecule has 0 N–H and O–H groups in total. The molecule has 0 aromatic heterocycles. The van der Waals surface area contributed by atoms with E-state index in [-0.39, 0.29) is 5.92 Å². The van der Waals surface area contributed by atoms with Gasteiger partial charge < -0.3 is 4.90 Å². The Morgan fingerprint density at radius 1 is 0.815 bits per heavy atom. The number of nitrogens with zero attached hydrogens (tertiary/aromatic N) is 1.